The summed E-state index contributed by atoms with van der Waals surface area (Å²) in [6, 6.07) is 0. The molecule has 1 N–H and O–H groups in total. The molecule has 0 aromatic rings. The van der Waals surface area contributed by atoms with Crippen LogP contribution in [0.15, 0.2) is 0 Å². The van der Waals surface area contributed by atoms with Crippen LogP contribution >= 0.6 is 34.8 Å². The lowest BCUT2D eigenvalue weighted by molar-refractivity contribution is -0.381. The van der Waals surface area contributed by atoms with E-state index in [1.165, 1.54) is 6.92 Å². The van der Waals surface area contributed by atoms with Crippen molar-refractivity contribution in [2.45, 2.75) is 165 Å². The normalized spacial score (nSPS) is 31.9. The minimum Gasteiger partial charge on any atom is -0.463 e. The Morgan fingerprint density at radius 2 is 0.727 bits per heavy atom. The number of nitrogens with one attached hydrogen (secondary N) is 1. The third kappa shape index (κ3) is 16.3. The number of rotatable bonds is 16. The highest BCUT2D eigenvalue weighted by Crippen LogP contribution is 2.39. The molecule has 28 heteroatoms. The molecule has 0 unspecified atom stereocenters. The van der Waals surface area contributed by atoms with Crippen molar-refractivity contribution in [2.75, 3.05) is 13.2 Å². The number of carbonyl (C=O) groups is 9. The van der Waals surface area contributed by atoms with E-state index in [9.17, 15) is 43.2 Å². The Labute approximate surface area is 391 Å². The van der Waals surface area contributed by atoms with Crippen molar-refractivity contribution in [3.05, 3.63) is 0 Å². The zero-order chi connectivity index (χ0) is 50.0. The van der Waals surface area contributed by atoms with E-state index in [1.54, 1.807) is 0 Å². The van der Waals surface area contributed by atoms with Gasteiger partial charge in [-0.2, -0.15) is 0 Å². The minimum atomic E-state index is -2.58. The van der Waals surface area contributed by atoms with Crippen molar-refractivity contribution in [1.82, 2.24) is 0 Å². The standard InChI is InChI=1S/C38H50Cl3NO24/c1-13-25(55-16(4)45)28(57-18(6)47)31(59-20(8)49)34(54-13)65-30-27(24(12-53-15(3)44)63-36(33(30)61-22(10)51)66-37(42)38(39,40)41)64-35-32(60-21(9)50)29(58-19(7)48)26(56-17(5)46)23(62-35)11-52-14(2)43/h13,23-36,42H,11-12H2,1-10H3/t13-,23+,24+,25+,26+,27+,28+,29-,30-,31-,32-,33+,34-,35-,36+/m0/s1. The third-order valence-electron chi connectivity index (χ3n) is 9.00. The molecule has 0 aromatic heterocycles. The zero-order valence-electron chi connectivity index (χ0n) is 37.0. The molecule has 0 bridgehead atoms. The lowest BCUT2D eigenvalue weighted by Gasteiger charge is -2.50. The summed E-state index contributed by atoms with van der Waals surface area (Å²) in [7, 11) is 0. The quantitative estimate of drug-likeness (QED) is 0.0740. The molecule has 3 rings (SSSR count). The number of hydrogen-bond acceptors (Lipinski definition) is 25. The second-order valence-corrected chi connectivity index (χ2v) is 16.8. The van der Waals surface area contributed by atoms with Gasteiger partial charge in [-0.1, -0.05) is 34.8 Å². The average molecular weight is 1010 g/mol. The summed E-state index contributed by atoms with van der Waals surface area (Å²) in [4.78, 5) is 112. The number of carbonyl (C=O) groups excluding carboxylic acids is 9. The fraction of sp³-hybridized carbons (Fsp3) is 0.737. The smallest absolute Gasteiger partial charge is 0.303 e. The second-order valence-electron chi connectivity index (χ2n) is 14.6. The maximum Gasteiger partial charge on any atom is 0.303 e. The number of alkyl halides is 3. The molecule has 66 heavy (non-hydrogen) atoms. The molecule has 3 heterocycles. The van der Waals surface area contributed by atoms with Crippen LogP contribution in [0.4, 0.5) is 0 Å². The van der Waals surface area contributed by atoms with Crippen LogP contribution in [0.25, 0.3) is 0 Å². The molecule has 3 fully saturated rings. The predicted molar refractivity (Wildman–Crippen MR) is 213 cm³/mol. The first kappa shape index (κ1) is 55.7. The molecule has 0 radical (unpaired) electrons. The largest absolute Gasteiger partial charge is 0.463 e. The summed E-state index contributed by atoms with van der Waals surface area (Å²) < 4.78 is 83.3. The first-order valence-corrected chi connectivity index (χ1v) is 20.8. The highest BCUT2D eigenvalue weighted by atomic mass is 35.6. The molecular weight excluding hydrogens is 961 g/mol. The Kier molecular flexibility index (Phi) is 20.6. The number of ether oxygens (including phenoxy) is 15. The molecule has 372 valence electrons. The molecule has 3 saturated heterocycles. The predicted octanol–water partition coefficient (Wildman–Crippen LogP) is 0.964. The zero-order valence-corrected chi connectivity index (χ0v) is 39.3. The molecule has 25 nitrogen and oxygen atoms in total. The first-order valence-electron chi connectivity index (χ1n) is 19.7. The van der Waals surface area contributed by atoms with Gasteiger partial charge in [0.15, 0.2) is 55.3 Å². The van der Waals surface area contributed by atoms with Crippen LogP contribution in [0, 0.1) is 5.41 Å². The topological polar surface area (TPSA) is 316 Å². The maximum absolute atomic E-state index is 12.9. The SMILES string of the molecule is CC(=O)OC[C@H]1O[C@@H](O[C@H]2[C@H](O[C@@H]3O[C@@H](C)[C@@H](OC(C)=O)[C@@H](OC(C)=O)[C@@H]3OC(C)=O)[C@@H](OC(C)=O)[C@@H](OC(=N)C(Cl)(Cl)Cl)O[C@@H]2COC(C)=O)[C@@H](OC(C)=O)[C@@H](OC(C)=O)[C@@H]1OC(C)=O. The van der Waals surface area contributed by atoms with Gasteiger partial charge in [-0.15, -0.1) is 0 Å². The van der Waals surface area contributed by atoms with E-state index >= 15 is 0 Å². The van der Waals surface area contributed by atoms with Crippen LogP contribution < -0.4 is 0 Å². The molecule has 0 spiro atoms. The van der Waals surface area contributed by atoms with E-state index in [4.69, 9.17) is 111 Å². The van der Waals surface area contributed by atoms with Gasteiger partial charge in [0.1, 0.15) is 37.6 Å². The van der Waals surface area contributed by atoms with E-state index < -0.39 is 169 Å². The van der Waals surface area contributed by atoms with Gasteiger partial charge < -0.3 is 71.1 Å². The van der Waals surface area contributed by atoms with Crippen LogP contribution in [0.2, 0.25) is 0 Å². The number of halogens is 3. The number of esters is 9. The van der Waals surface area contributed by atoms with E-state index in [0.717, 1.165) is 62.3 Å². The van der Waals surface area contributed by atoms with Gasteiger partial charge >= 0.3 is 53.7 Å². The van der Waals surface area contributed by atoms with Crippen molar-refractivity contribution in [1.29, 1.82) is 5.41 Å². The van der Waals surface area contributed by atoms with Gasteiger partial charge in [-0.3, -0.25) is 48.6 Å². The van der Waals surface area contributed by atoms with Gasteiger partial charge in [0.05, 0.1) is 6.10 Å². The van der Waals surface area contributed by atoms with E-state index in [0.29, 0.717) is 0 Å². The highest BCUT2D eigenvalue weighted by Gasteiger charge is 2.60. The van der Waals surface area contributed by atoms with E-state index in [2.05, 4.69) is 0 Å². The van der Waals surface area contributed by atoms with Gasteiger partial charge in [0.2, 0.25) is 12.2 Å². The lowest BCUT2D eigenvalue weighted by Crippen LogP contribution is -2.69. The van der Waals surface area contributed by atoms with Crippen LogP contribution in [0.5, 0.6) is 0 Å². The van der Waals surface area contributed by atoms with Gasteiger partial charge in [0.25, 0.3) is 3.79 Å². The molecule has 15 atom stereocenters. The van der Waals surface area contributed by atoms with Crippen molar-refractivity contribution in [3.63, 3.8) is 0 Å². The molecule has 0 aliphatic carbocycles. The second kappa shape index (κ2) is 24.4. The van der Waals surface area contributed by atoms with Crippen LogP contribution in [-0.4, -0.2) is 169 Å². The highest BCUT2D eigenvalue weighted by molar-refractivity contribution is 6.76. The lowest BCUT2D eigenvalue weighted by atomic mass is 9.95. The summed E-state index contributed by atoms with van der Waals surface area (Å²) in [5.74, 6) is -9.77. The van der Waals surface area contributed by atoms with Crippen LogP contribution in [0.3, 0.4) is 0 Å². The number of hydrogen-bond donors (Lipinski definition) is 1. The van der Waals surface area contributed by atoms with Crippen LogP contribution in [0.1, 0.15) is 69.2 Å². The summed E-state index contributed by atoms with van der Waals surface area (Å²) in [5.41, 5.74) is 0. The molecule has 0 saturated carbocycles. The van der Waals surface area contributed by atoms with E-state index in [-0.39, 0.29) is 0 Å². The van der Waals surface area contributed by atoms with Crippen molar-refractivity contribution < 1.29 is 114 Å². The molecule has 3 aliphatic rings. The van der Waals surface area contributed by atoms with Crippen molar-refractivity contribution >= 4 is 94.4 Å². The molecular formula is C38H50Cl3NO24. The van der Waals surface area contributed by atoms with Gasteiger partial charge in [-0.25, -0.2) is 0 Å². The Morgan fingerprint density at radius 1 is 0.409 bits per heavy atom. The summed E-state index contributed by atoms with van der Waals surface area (Å²) in [6.45, 7) is 8.72. The van der Waals surface area contributed by atoms with E-state index in [1.807, 2.05) is 0 Å². The van der Waals surface area contributed by atoms with Gasteiger partial charge in [0, 0.05) is 62.3 Å². The Bertz CT molecular complexity index is 1830. The van der Waals surface area contributed by atoms with Crippen LogP contribution in [-0.2, 0) is 114 Å². The third-order valence-corrected chi connectivity index (χ3v) is 9.51. The average Bonchev–Trinajstić information content (AvgIpc) is 3.15. The Hall–Kier alpha value is -4.63. The van der Waals surface area contributed by atoms with Gasteiger partial charge in [-0.05, 0) is 6.92 Å². The fourth-order valence-corrected chi connectivity index (χ4v) is 6.95. The molecule has 3 aliphatic heterocycles. The Morgan fingerprint density at radius 3 is 1.14 bits per heavy atom. The maximum atomic E-state index is 12.9. The monoisotopic (exact) mass is 1010 g/mol. The molecule has 0 aromatic carbocycles. The fourth-order valence-electron chi connectivity index (χ4n) is 6.81. The Balaban J connectivity index is 2.40. The summed E-state index contributed by atoms with van der Waals surface area (Å²) >= 11 is 17.8. The summed E-state index contributed by atoms with van der Waals surface area (Å²) in [5, 5.41) is 8.34. The first-order chi connectivity index (χ1) is 30.6. The minimum absolute atomic E-state index is 0.709. The summed E-state index contributed by atoms with van der Waals surface area (Å²) in [6.07, 6.45) is -27.0. The van der Waals surface area contributed by atoms with Crippen molar-refractivity contribution in [2.24, 2.45) is 0 Å². The molecule has 0 amide bonds. The van der Waals surface area contributed by atoms with Crippen molar-refractivity contribution in [3.8, 4) is 0 Å².